The first-order chi connectivity index (χ1) is 13.9. The summed E-state index contributed by atoms with van der Waals surface area (Å²) in [4.78, 5) is 25.6. The number of aliphatic hydroxyl groups excluding tert-OH is 1. The molecule has 1 saturated heterocycles. The van der Waals surface area contributed by atoms with E-state index in [0.29, 0.717) is 0 Å². The number of benzene rings is 2. The maximum absolute atomic E-state index is 12.9. The van der Waals surface area contributed by atoms with E-state index in [9.17, 15) is 14.7 Å². The van der Waals surface area contributed by atoms with Crippen molar-refractivity contribution < 1.29 is 19.4 Å². The molecule has 2 aromatic carbocycles. The highest BCUT2D eigenvalue weighted by molar-refractivity contribution is 5.93. The molecule has 2 aromatic rings. The van der Waals surface area contributed by atoms with Crippen LogP contribution in [0.5, 0.6) is 0 Å². The Bertz CT molecular complexity index is 869. The first-order valence-corrected chi connectivity index (χ1v) is 9.63. The van der Waals surface area contributed by atoms with Crippen molar-refractivity contribution in [3.63, 3.8) is 0 Å². The van der Waals surface area contributed by atoms with Crippen LogP contribution in [0, 0.1) is 5.92 Å². The molecule has 0 aromatic heterocycles. The van der Waals surface area contributed by atoms with Gasteiger partial charge in [0, 0.05) is 7.05 Å². The Labute approximate surface area is 171 Å². The first-order valence-electron chi connectivity index (χ1n) is 9.63. The van der Waals surface area contributed by atoms with Crippen LogP contribution >= 0.6 is 0 Å². The van der Waals surface area contributed by atoms with Gasteiger partial charge < -0.3 is 9.84 Å². The van der Waals surface area contributed by atoms with E-state index < -0.39 is 30.1 Å². The molecule has 2 amide bonds. The van der Waals surface area contributed by atoms with Crippen molar-refractivity contribution in [2.24, 2.45) is 5.92 Å². The number of aliphatic hydroxyl groups is 1. The summed E-state index contributed by atoms with van der Waals surface area (Å²) in [6, 6.07) is 18.7. The third-order valence-electron chi connectivity index (χ3n) is 5.27. The fourth-order valence-electron chi connectivity index (χ4n) is 3.28. The number of nitrogens with zero attached hydrogens (tertiary/aromatic N) is 2. The number of rotatable bonds is 5. The number of hydrogen-bond donors (Lipinski definition) is 1. The molecule has 152 valence electrons. The number of cyclic esters (lactones) is 1. The van der Waals surface area contributed by atoms with Gasteiger partial charge in [-0.05, 0) is 18.1 Å². The van der Waals surface area contributed by atoms with Gasteiger partial charge in [-0.15, -0.1) is 0 Å². The predicted octanol–water partition coefficient (Wildman–Crippen LogP) is 3.65. The van der Waals surface area contributed by atoms with E-state index in [0.717, 1.165) is 16.1 Å². The Hall–Kier alpha value is -2.96. The number of ether oxygens (including phenoxy) is 1. The average Bonchev–Trinajstić information content (AvgIpc) is 2.75. The second-order valence-electron chi connectivity index (χ2n) is 7.23. The SMILES string of the molecule is C[C@H](C(=O)N1C(=O)O[C@H](c2ccccc2)[C@H](C)N1C)[C@H](O)/C=C/c1ccccc1. The number of hydrazine groups is 1. The van der Waals surface area contributed by atoms with Gasteiger partial charge in [-0.25, -0.2) is 9.80 Å². The topological polar surface area (TPSA) is 70.1 Å². The molecule has 1 aliphatic heterocycles. The molecule has 0 unspecified atom stereocenters. The van der Waals surface area contributed by atoms with Crippen molar-refractivity contribution >= 4 is 18.1 Å². The Kier molecular flexibility index (Phi) is 6.46. The molecule has 6 heteroatoms. The van der Waals surface area contributed by atoms with Gasteiger partial charge in [0.2, 0.25) is 0 Å². The molecule has 0 bridgehead atoms. The molecule has 0 aliphatic carbocycles. The van der Waals surface area contributed by atoms with Crippen LogP contribution in [0.1, 0.15) is 31.1 Å². The summed E-state index contributed by atoms with van der Waals surface area (Å²) in [5, 5.41) is 13.0. The van der Waals surface area contributed by atoms with E-state index in [1.165, 1.54) is 0 Å². The fourth-order valence-corrected chi connectivity index (χ4v) is 3.28. The summed E-state index contributed by atoms with van der Waals surface area (Å²) in [7, 11) is 1.68. The number of carbonyl (C=O) groups is 2. The maximum Gasteiger partial charge on any atom is 0.432 e. The van der Waals surface area contributed by atoms with Crippen molar-refractivity contribution in [2.45, 2.75) is 32.1 Å². The Morgan fingerprint density at radius 2 is 1.69 bits per heavy atom. The van der Waals surface area contributed by atoms with Crippen LogP contribution < -0.4 is 0 Å². The quantitative estimate of drug-likeness (QED) is 0.838. The molecule has 29 heavy (non-hydrogen) atoms. The Balaban J connectivity index is 1.71. The van der Waals surface area contributed by atoms with Gasteiger partial charge in [-0.1, -0.05) is 79.7 Å². The van der Waals surface area contributed by atoms with Crippen LogP contribution in [0.3, 0.4) is 0 Å². The lowest BCUT2D eigenvalue weighted by atomic mass is 10.0. The molecule has 1 aliphatic rings. The van der Waals surface area contributed by atoms with Gasteiger partial charge in [0.25, 0.3) is 5.91 Å². The highest BCUT2D eigenvalue weighted by Gasteiger charge is 2.43. The van der Waals surface area contributed by atoms with Gasteiger partial charge in [-0.3, -0.25) is 4.79 Å². The number of likely N-dealkylation sites (N-methyl/N-ethyl adjacent to an activating group) is 1. The molecular weight excluding hydrogens is 368 g/mol. The molecule has 0 saturated carbocycles. The van der Waals surface area contributed by atoms with Gasteiger partial charge in [0.1, 0.15) is 6.10 Å². The van der Waals surface area contributed by atoms with E-state index in [1.807, 2.05) is 67.6 Å². The number of hydrogen-bond acceptors (Lipinski definition) is 5. The summed E-state index contributed by atoms with van der Waals surface area (Å²) >= 11 is 0. The van der Waals surface area contributed by atoms with Gasteiger partial charge in [0.05, 0.1) is 18.1 Å². The van der Waals surface area contributed by atoms with E-state index in [4.69, 9.17) is 4.74 Å². The summed E-state index contributed by atoms with van der Waals surface area (Å²) < 4.78 is 5.57. The third kappa shape index (κ3) is 4.55. The molecule has 1 fully saturated rings. The maximum atomic E-state index is 12.9. The van der Waals surface area contributed by atoms with Gasteiger partial charge >= 0.3 is 6.09 Å². The molecule has 0 radical (unpaired) electrons. The van der Waals surface area contributed by atoms with Crippen LogP contribution in [0.25, 0.3) is 6.08 Å². The van der Waals surface area contributed by atoms with E-state index in [1.54, 1.807) is 31.1 Å². The predicted molar refractivity (Wildman–Crippen MR) is 110 cm³/mol. The van der Waals surface area contributed by atoms with Crippen molar-refractivity contribution in [1.29, 1.82) is 0 Å². The lowest BCUT2D eigenvalue weighted by Crippen LogP contribution is -2.60. The van der Waals surface area contributed by atoms with E-state index in [-0.39, 0.29) is 6.04 Å². The van der Waals surface area contributed by atoms with Crippen LogP contribution in [-0.4, -0.2) is 46.3 Å². The van der Waals surface area contributed by atoms with Crippen molar-refractivity contribution in [2.75, 3.05) is 7.05 Å². The molecule has 1 N–H and O–H groups in total. The molecule has 3 rings (SSSR count). The average molecular weight is 394 g/mol. The largest absolute Gasteiger partial charge is 0.438 e. The van der Waals surface area contributed by atoms with E-state index in [2.05, 4.69) is 0 Å². The minimum absolute atomic E-state index is 0.247. The zero-order chi connectivity index (χ0) is 21.0. The fraction of sp³-hybridized carbons (Fsp3) is 0.304. The molecule has 4 atom stereocenters. The summed E-state index contributed by atoms with van der Waals surface area (Å²) in [6.07, 6.45) is 1.06. The summed E-state index contributed by atoms with van der Waals surface area (Å²) in [5.74, 6) is -1.33. The zero-order valence-corrected chi connectivity index (χ0v) is 16.8. The van der Waals surface area contributed by atoms with Crippen LogP contribution in [-0.2, 0) is 9.53 Å². The van der Waals surface area contributed by atoms with Gasteiger partial charge in [0.15, 0.2) is 0 Å². The van der Waals surface area contributed by atoms with Crippen molar-refractivity contribution in [1.82, 2.24) is 10.0 Å². The minimum Gasteiger partial charge on any atom is -0.438 e. The standard InChI is InChI=1S/C23H26N2O4/c1-16(20(26)15-14-18-10-6-4-7-11-18)22(27)25-23(28)29-21(17(2)24(25)3)19-12-8-5-9-13-19/h4-17,20-21,26H,1-3H3/b15-14+/t16-,17-,20+,21-/m0/s1. The normalized spacial score (nSPS) is 22.3. The van der Waals surface area contributed by atoms with Crippen LogP contribution in [0.15, 0.2) is 66.7 Å². The Morgan fingerprint density at radius 3 is 2.31 bits per heavy atom. The van der Waals surface area contributed by atoms with Crippen LogP contribution in [0.4, 0.5) is 4.79 Å². The highest BCUT2D eigenvalue weighted by atomic mass is 16.6. The smallest absolute Gasteiger partial charge is 0.432 e. The van der Waals surface area contributed by atoms with Crippen molar-refractivity contribution in [3.8, 4) is 0 Å². The van der Waals surface area contributed by atoms with E-state index >= 15 is 0 Å². The third-order valence-corrected chi connectivity index (χ3v) is 5.27. The monoisotopic (exact) mass is 394 g/mol. The Morgan fingerprint density at radius 1 is 1.10 bits per heavy atom. The molecular formula is C23H26N2O4. The zero-order valence-electron chi connectivity index (χ0n) is 16.8. The second kappa shape index (κ2) is 9.03. The van der Waals surface area contributed by atoms with Gasteiger partial charge in [-0.2, -0.15) is 5.01 Å². The highest BCUT2D eigenvalue weighted by Crippen LogP contribution is 2.31. The first kappa shape index (κ1) is 20.8. The van der Waals surface area contributed by atoms with Crippen molar-refractivity contribution in [3.05, 3.63) is 77.9 Å². The number of imide groups is 1. The summed E-state index contributed by atoms with van der Waals surface area (Å²) in [6.45, 7) is 3.48. The molecule has 0 spiro atoms. The second-order valence-corrected chi connectivity index (χ2v) is 7.23. The lowest BCUT2D eigenvalue weighted by molar-refractivity contribution is -0.168. The summed E-state index contributed by atoms with van der Waals surface area (Å²) in [5.41, 5.74) is 1.78. The van der Waals surface area contributed by atoms with Crippen LogP contribution in [0.2, 0.25) is 0 Å². The molecule has 6 nitrogen and oxygen atoms in total. The minimum atomic E-state index is -1.04. The number of amides is 2. The lowest BCUT2D eigenvalue weighted by Gasteiger charge is -2.43. The number of carbonyl (C=O) groups excluding carboxylic acids is 2. The molecule has 1 heterocycles.